The molecule has 0 aromatic carbocycles. The average molecular weight is 185 g/mol. The molecule has 2 aliphatic rings. The fourth-order valence-electron chi connectivity index (χ4n) is 2.68. The number of aliphatic hydroxyl groups excluding tert-OH is 1. The Kier molecular flexibility index (Phi) is 2.14. The summed E-state index contributed by atoms with van der Waals surface area (Å²) in [7, 11) is 1.76. The molecule has 0 amide bonds. The van der Waals surface area contributed by atoms with Crippen LogP contribution in [-0.2, 0) is 9.63 Å². The molecule has 13 heavy (non-hydrogen) atoms. The number of carbonyl (C=O) groups is 1. The summed E-state index contributed by atoms with van der Waals surface area (Å²) in [5.74, 6) is 0. The highest BCUT2D eigenvalue weighted by Crippen LogP contribution is 2.48. The summed E-state index contributed by atoms with van der Waals surface area (Å²) in [5.41, 5.74) is -0.323. The van der Waals surface area contributed by atoms with Gasteiger partial charge in [-0.3, -0.25) is 4.84 Å². The second-order valence-electron chi connectivity index (χ2n) is 4.00. The van der Waals surface area contributed by atoms with Crippen LogP contribution < -0.4 is 0 Å². The molecule has 4 nitrogen and oxygen atoms in total. The molecule has 1 aliphatic carbocycles. The molecule has 3 atom stereocenters. The summed E-state index contributed by atoms with van der Waals surface area (Å²) < 4.78 is 0. The van der Waals surface area contributed by atoms with Crippen LogP contribution in [0, 0.1) is 5.41 Å². The molecule has 0 unspecified atom stereocenters. The van der Waals surface area contributed by atoms with E-state index in [1.54, 1.807) is 12.1 Å². The van der Waals surface area contributed by atoms with E-state index >= 15 is 0 Å². The SMILES string of the molecule is CN1O[C@@H]2CCC[C@]2(CO)[C@H]1C=O. The molecule has 1 aliphatic heterocycles. The number of carbonyl (C=O) groups excluding carboxylic acids is 1. The third kappa shape index (κ3) is 1.06. The molecule has 1 saturated heterocycles. The molecular formula is C9H15NO3. The summed E-state index contributed by atoms with van der Waals surface area (Å²) in [6, 6.07) is -0.273. The van der Waals surface area contributed by atoms with Gasteiger partial charge in [0, 0.05) is 12.5 Å². The van der Waals surface area contributed by atoms with Gasteiger partial charge in [-0.15, -0.1) is 0 Å². The summed E-state index contributed by atoms with van der Waals surface area (Å²) in [5, 5.41) is 11.0. The summed E-state index contributed by atoms with van der Waals surface area (Å²) in [6.07, 6.45) is 3.82. The van der Waals surface area contributed by atoms with E-state index in [-0.39, 0.29) is 24.2 Å². The number of hydrogen-bond acceptors (Lipinski definition) is 4. The summed E-state index contributed by atoms with van der Waals surface area (Å²) in [6.45, 7) is 0.0470. The lowest BCUT2D eigenvalue weighted by atomic mass is 9.79. The molecule has 0 aromatic heterocycles. The standard InChI is InChI=1S/C9H15NO3/c1-10-7(5-11)9(6-12)4-2-3-8(9)13-10/h5,7-8,12H,2-4,6H2,1H3/t7-,8-,9+/m1/s1. The van der Waals surface area contributed by atoms with E-state index in [4.69, 9.17) is 4.84 Å². The van der Waals surface area contributed by atoms with E-state index in [1.807, 2.05) is 0 Å². The number of aldehydes is 1. The number of hydroxylamine groups is 2. The number of aliphatic hydroxyl groups is 1. The zero-order valence-electron chi connectivity index (χ0n) is 7.77. The smallest absolute Gasteiger partial charge is 0.140 e. The maximum Gasteiger partial charge on any atom is 0.140 e. The Labute approximate surface area is 77.4 Å². The van der Waals surface area contributed by atoms with Crippen LogP contribution in [0.2, 0.25) is 0 Å². The van der Waals surface area contributed by atoms with Gasteiger partial charge in [0.2, 0.25) is 0 Å². The molecule has 0 radical (unpaired) electrons. The highest BCUT2D eigenvalue weighted by Gasteiger charge is 2.56. The number of fused-ring (bicyclic) bond motifs is 1. The Morgan fingerprint density at radius 1 is 1.77 bits per heavy atom. The van der Waals surface area contributed by atoms with Crippen molar-refractivity contribution in [2.75, 3.05) is 13.7 Å². The molecule has 4 heteroatoms. The van der Waals surface area contributed by atoms with Gasteiger partial charge >= 0.3 is 0 Å². The minimum Gasteiger partial charge on any atom is -0.396 e. The molecule has 2 rings (SSSR count). The number of rotatable bonds is 2. The molecule has 1 heterocycles. The first-order chi connectivity index (χ1) is 6.24. The van der Waals surface area contributed by atoms with E-state index in [0.717, 1.165) is 25.5 Å². The van der Waals surface area contributed by atoms with Gasteiger partial charge < -0.3 is 9.90 Å². The van der Waals surface area contributed by atoms with Crippen molar-refractivity contribution < 1.29 is 14.7 Å². The van der Waals surface area contributed by atoms with Crippen LogP contribution in [0.3, 0.4) is 0 Å². The average Bonchev–Trinajstić information content (AvgIpc) is 2.60. The van der Waals surface area contributed by atoms with E-state index in [2.05, 4.69) is 0 Å². The quantitative estimate of drug-likeness (QED) is 0.613. The molecular weight excluding hydrogens is 170 g/mol. The Morgan fingerprint density at radius 3 is 3.15 bits per heavy atom. The second kappa shape index (κ2) is 3.04. The van der Waals surface area contributed by atoms with Crippen molar-refractivity contribution in [2.45, 2.75) is 31.4 Å². The minimum atomic E-state index is -0.323. The van der Waals surface area contributed by atoms with Crippen molar-refractivity contribution in [3.8, 4) is 0 Å². The summed E-state index contributed by atoms with van der Waals surface area (Å²) in [4.78, 5) is 16.4. The van der Waals surface area contributed by atoms with Crippen molar-refractivity contribution >= 4 is 6.29 Å². The molecule has 0 aromatic rings. The molecule has 1 N–H and O–H groups in total. The number of likely N-dealkylation sites (N-methyl/N-ethyl adjacent to an activating group) is 1. The fraction of sp³-hybridized carbons (Fsp3) is 0.889. The third-order valence-electron chi connectivity index (χ3n) is 3.45. The maximum atomic E-state index is 10.9. The van der Waals surface area contributed by atoms with Crippen molar-refractivity contribution in [1.29, 1.82) is 0 Å². The lowest BCUT2D eigenvalue weighted by Crippen LogP contribution is -2.43. The molecule has 2 fully saturated rings. The maximum absolute atomic E-state index is 10.9. The van der Waals surface area contributed by atoms with Crippen molar-refractivity contribution in [1.82, 2.24) is 5.06 Å². The van der Waals surface area contributed by atoms with Gasteiger partial charge in [0.05, 0.1) is 12.7 Å². The third-order valence-corrected chi connectivity index (χ3v) is 3.45. The lowest BCUT2D eigenvalue weighted by Gasteiger charge is -2.28. The van der Waals surface area contributed by atoms with E-state index in [1.165, 1.54) is 0 Å². The molecule has 74 valence electrons. The molecule has 0 bridgehead atoms. The van der Waals surface area contributed by atoms with Gasteiger partial charge in [-0.1, -0.05) is 0 Å². The van der Waals surface area contributed by atoms with Gasteiger partial charge in [-0.2, -0.15) is 5.06 Å². The fourth-order valence-corrected chi connectivity index (χ4v) is 2.68. The van der Waals surface area contributed by atoms with Crippen LogP contribution in [0.5, 0.6) is 0 Å². The van der Waals surface area contributed by atoms with Gasteiger partial charge in [-0.25, -0.2) is 0 Å². The number of nitrogens with zero attached hydrogens (tertiary/aromatic N) is 1. The van der Waals surface area contributed by atoms with E-state index in [0.29, 0.717) is 0 Å². The van der Waals surface area contributed by atoms with Gasteiger partial charge in [0.1, 0.15) is 12.3 Å². The van der Waals surface area contributed by atoms with Crippen LogP contribution in [0.15, 0.2) is 0 Å². The normalized spacial score (nSPS) is 45.1. The van der Waals surface area contributed by atoms with E-state index < -0.39 is 0 Å². The van der Waals surface area contributed by atoms with Gasteiger partial charge in [0.25, 0.3) is 0 Å². The minimum absolute atomic E-state index is 0.0395. The Bertz CT molecular complexity index is 221. The second-order valence-corrected chi connectivity index (χ2v) is 4.00. The predicted molar refractivity (Wildman–Crippen MR) is 45.9 cm³/mol. The highest BCUT2D eigenvalue weighted by atomic mass is 16.7. The van der Waals surface area contributed by atoms with Crippen LogP contribution in [-0.4, -0.2) is 42.3 Å². The first-order valence-electron chi connectivity index (χ1n) is 4.70. The van der Waals surface area contributed by atoms with Crippen LogP contribution in [0.1, 0.15) is 19.3 Å². The Balaban J connectivity index is 2.29. The van der Waals surface area contributed by atoms with Gasteiger partial charge in [0.15, 0.2) is 0 Å². The Morgan fingerprint density at radius 2 is 2.54 bits per heavy atom. The first kappa shape index (κ1) is 9.12. The van der Waals surface area contributed by atoms with Crippen molar-refractivity contribution in [3.63, 3.8) is 0 Å². The summed E-state index contributed by atoms with van der Waals surface area (Å²) >= 11 is 0. The Hall–Kier alpha value is -0.450. The monoisotopic (exact) mass is 185 g/mol. The van der Waals surface area contributed by atoms with Crippen LogP contribution >= 0.6 is 0 Å². The van der Waals surface area contributed by atoms with E-state index in [9.17, 15) is 9.90 Å². The number of hydrogen-bond donors (Lipinski definition) is 1. The zero-order chi connectivity index (χ0) is 9.47. The largest absolute Gasteiger partial charge is 0.396 e. The first-order valence-corrected chi connectivity index (χ1v) is 4.70. The van der Waals surface area contributed by atoms with Crippen molar-refractivity contribution in [3.05, 3.63) is 0 Å². The predicted octanol–water partition coefficient (Wildman–Crippen LogP) is -0.0379. The van der Waals surface area contributed by atoms with Crippen molar-refractivity contribution in [2.24, 2.45) is 5.41 Å². The molecule has 1 saturated carbocycles. The van der Waals surface area contributed by atoms with Gasteiger partial charge in [-0.05, 0) is 19.3 Å². The van der Waals surface area contributed by atoms with Crippen LogP contribution in [0.4, 0.5) is 0 Å². The van der Waals surface area contributed by atoms with Crippen LogP contribution in [0.25, 0.3) is 0 Å². The lowest BCUT2D eigenvalue weighted by molar-refractivity contribution is -0.149. The topological polar surface area (TPSA) is 49.8 Å². The zero-order valence-corrected chi connectivity index (χ0v) is 7.77. The highest BCUT2D eigenvalue weighted by molar-refractivity contribution is 5.60. The molecule has 0 spiro atoms.